The van der Waals surface area contributed by atoms with Gasteiger partial charge in [-0.05, 0) is 11.1 Å². The Balaban J connectivity index is 1.74. The zero-order valence-electron chi connectivity index (χ0n) is 11.9. The second kappa shape index (κ2) is 8.53. The van der Waals surface area contributed by atoms with Crippen molar-refractivity contribution in [1.29, 1.82) is 0 Å². The first kappa shape index (κ1) is 15.7. The fraction of sp³-hybridized carbons (Fsp3) is 0.188. The van der Waals surface area contributed by atoms with E-state index in [2.05, 4.69) is 5.29 Å². The molecule has 2 aromatic rings. The first-order chi connectivity index (χ1) is 10.8. The van der Waals surface area contributed by atoms with Crippen LogP contribution in [0.2, 0.25) is 0 Å². The van der Waals surface area contributed by atoms with Gasteiger partial charge in [-0.3, -0.25) is 0 Å². The van der Waals surface area contributed by atoms with E-state index in [4.69, 9.17) is 9.57 Å². The van der Waals surface area contributed by atoms with Crippen molar-refractivity contribution in [2.75, 3.05) is 6.54 Å². The highest BCUT2D eigenvalue weighted by molar-refractivity contribution is 5.71. The van der Waals surface area contributed by atoms with Crippen molar-refractivity contribution >= 4 is 5.97 Å². The van der Waals surface area contributed by atoms with Crippen LogP contribution < -0.4 is 0 Å². The van der Waals surface area contributed by atoms with Gasteiger partial charge in [-0.25, -0.2) is 9.63 Å². The largest absolute Gasteiger partial charge is 0.459 e. The molecule has 0 saturated carbocycles. The molecule has 0 aliphatic carbocycles. The van der Waals surface area contributed by atoms with Crippen LogP contribution in [0.25, 0.3) is 0 Å². The highest BCUT2D eigenvalue weighted by Gasteiger charge is 2.12. The Kier molecular flexibility index (Phi) is 6.07. The molecule has 0 bridgehead atoms. The lowest BCUT2D eigenvalue weighted by Gasteiger charge is -2.14. The summed E-state index contributed by atoms with van der Waals surface area (Å²) in [5.41, 5.74) is 1.74. The van der Waals surface area contributed by atoms with Gasteiger partial charge in [-0.2, -0.15) is 0 Å². The Morgan fingerprint density at radius 1 is 0.909 bits per heavy atom. The molecule has 22 heavy (non-hydrogen) atoms. The first-order valence-electron chi connectivity index (χ1n) is 6.75. The van der Waals surface area contributed by atoms with Crippen molar-refractivity contribution in [2.45, 2.75) is 13.2 Å². The fourth-order valence-electron chi connectivity index (χ4n) is 1.72. The number of nitroso groups, excluding NO2 is 1. The number of benzene rings is 2. The maximum absolute atomic E-state index is 11.7. The van der Waals surface area contributed by atoms with Crippen LogP contribution in [0, 0.1) is 4.91 Å². The lowest BCUT2D eigenvalue weighted by Crippen LogP contribution is -2.26. The summed E-state index contributed by atoms with van der Waals surface area (Å²) in [6.07, 6.45) is 0. The molecule has 2 rings (SSSR count). The van der Waals surface area contributed by atoms with Crippen molar-refractivity contribution in [3.05, 3.63) is 76.7 Å². The average Bonchev–Trinajstić information content (AvgIpc) is 2.58. The van der Waals surface area contributed by atoms with Crippen LogP contribution in [-0.4, -0.2) is 17.7 Å². The minimum Gasteiger partial charge on any atom is -0.459 e. The second-order valence-corrected chi connectivity index (χ2v) is 4.50. The van der Waals surface area contributed by atoms with Crippen LogP contribution in [-0.2, 0) is 27.6 Å². The van der Waals surface area contributed by atoms with Crippen LogP contribution in [0.3, 0.4) is 0 Å². The summed E-state index contributed by atoms with van der Waals surface area (Å²) in [5, 5.41) is 3.34. The molecule has 0 aromatic heterocycles. The highest BCUT2D eigenvalue weighted by Crippen LogP contribution is 2.05. The molecular formula is C16H16N2O4. The topological polar surface area (TPSA) is 68.2 Å². The van der Waals surface area contributed by atoms with E-state index in [1.54, 1.807) is 0 Å². The molecule has 0 N–H and O–H groups in total. The van der Waals surface area contributed by atoms with Gasteiger partial charge in [-0.1, -0.05) is 60.7 Å². The first-order valence-corrected chi connectivity index (χ1v) is 6.75. The quantitative estimate of drug-likeness (QED) is 0.426. The molecule has 0 fully saturated rings. The SMILES string of the molecule is O=NN(CC(=O)OCc1ccccc1)OCc1ccccc1. The summed E-state index contributed by atoms with van der Waals surface area (Å²) in [5.74, 6) is -0.587. The molecule has 6 heteroatoms. The number of ether oxygens (including phenoxy) is 1. The Morgan fingerprint density at radius 3 is 2.00 bits per heavy atom. The summed E-state index contributed by atoms with van der Waals surface area (Å²) in [6.45, 7) is -0.0627. The molecule has 0 aliphatic rings. The number of carbonyl (C=O) groups is 1. The van der Waals surface area contributed by atoms with Crippen LogP contribution in [0.15, 0.2) is 65.9 Å². The van der Waals surface area contributed by atoms with Gasteiger partial charge in [0.05, 0.1) is 5.29 Å². The van der Waals surface area contributed by atoms with Crippen molar-refractivity contribution in [1.82, 2.24) is 5.17 Å². The predicted molar refractivity (Wildman–Crippen MR) is 80.0 cm³/mol. The summed E-state index contributed by atoms with van der Waals surface area (Å²) < 4.78 is 5.05. The van der Waals surface area contributed by atoms with Crippen molar-refractivity contribution in [3.8, 4) is 0 Å². The molecule has 0 aliphatic heterocycles. The van der Waals surface area contributed by atoms with E-state index >= 15 is 0 Å². The Hall–Kier alpha value is -2.73. The van der Waals surface area contributed by atoms with E-state index in [-0.39, 0.29) is 19.8 Å². The summed E-state index contributed by atoms with van der Waals surface area (Å²) >= 11 is 0. The smallest absolute Gasteiger partial charge is 0.330 e. The van der Waals surface area contributed by atoms with Gasteiger partial charge >= 0.3 is 5.97 Å². The summed E-state index contributed by atoms with van der Waals surface area (Å²) in [4.78, 5) is 27.5. The van der Waals surface area contributed by atoms with Crippen molar-refractivity contribution < 1.29 is 14.4 Å². The standard InChI is InChI=1S/C16H16N2O4/c19-16(21-12-14-7-3-1-4-8-14)11-18(17-20)22-13-15-9-5-2-6-10-15/h1-10H,11-13H2. The predicted octanol–water partition coefficient (Wildman–Crippen LogP) is 2.85. The van der Waals surface area contributed by atoms with E-state index in [1.165, 1.54) is 0 Å². The second-order valence-electron chi connectivity index (χ2n) is 4.50. The third kappa shape index (κ3) is 5.34. The Bertz CT molecular complexity index is 590. The highest BCUT2D eigenvalue weighted by atomic mass is 16.7. The van der Waals surface area contributed by atoms with E-state index in [0.717, 1.165) is 11.1 Å². The van der Waals surface area contributed by atoms with Gasteiger partial charge < -0.3 is 4.74 Å². The molecule has 6 nitrogen and oxygen atoms in total. The molecule has 0 unspecified atom stereocenters. The Labute approximate surface area is 128 Å². The maximum Gasteiger partial charge on any atom is 0.330 e. The third-order valence-corrected chi connectivity index (χ3v) is 2.82. The molecule has 0 radical (unpaired) electrons. The maximum atomic E-state index is 11.7. The van der Waals surface area contributed by atoms with Gasteiger partial charge in [0.25, 0.3) is 0 Å². The van der Waals surface area contributed by atoms with E-state index in [0.29, 0.717) is 5.17 Å². The average molecular weight is 300 g/mol. The van der Waals surface area contributed by atoms with Crippen molar-refractivity contribution in [2.24, 2.45) is 5.29 Å². The monoisotopic (exact) mass is 300 g/mol. The lowest BCUT2D eigenvalue weighted by atomic mass is 10.2. The number of hydroxylamine groups is 1. The molecule has 0 atom stereocenters. The van der Waals surface area contributed by atoms with E-state index < -0.39 is 5.97 Å². The molecule has 2 aromatic carbocycles. The molecular weight excluding hydrogens is 284 g/mol. The van der Waals surface area contributed by atoms with Gasteiger partial charge in [-0.15, -0.1) is 10.1 Å². The number of hydrogen-bond donors (Lipinski definition) is 0. The van der Waals surface area contributed by atoms with E-state index in [9.17, 15) is 9.70 Å². The number of nitrogens with zero attached hydrogens (tertiary/aromatic N) is 2. The van der Waals surface area contributed by atoms with E-state index in [1.807, 2.05) is 60.7 Å². The summed E-state index contributed by atoms with van der Waals surface area (Å²) in [7, 11) is 0. The minimum atomic E-state index is -0.587. The molecule has 0 heterocycles. The minimum absolute atomic E-state index is 0.144. The normalized spacial score (nSPS) is 10.0. The molecule has 0 amide bonds. The van der Waals surface area contributed by atoms with Gasteiger partial charge in [0.15, 0.2) is 6.54 Å². The molecule has 114 valence electrons. The molecule has 0 spiro atoms. The number of hydrogen-bond acceptors (Lipinski definition) is 5. The zero-order valence-corrected chi connectivity index (χ0v) is 11.9. The zero-order chi connectivity index (χ0) is 15.6. The van der Waals surface area contributed by atoms with Gasteiger partial charge in [0.1, 0.15) is 13.2 Å². The summed E-state index contributed by atoms with van der Waals surface area (Å²) in [6, 6.07) is 18.5. The fourth-order valence-corrected chi connectivity index (χ4v) is 1.72. The number of rotatable bonds is 8. The van der Waals surface area contributed by atoms with Gasteiger partial charge in [0.2, 0.25) is 0 Å². The number of esters is 1. The van der Waals surface area contributed by atoms with Gasteiger partial charge in [0, 0.05) is 0 Å². The van der Waals surface area contributed by atoms with Crippen LogP contribution in [0.5, 0.6) is 0 Å². The van der Waals surface area contributed by atoms with Crippen LogP contribution >= 0.6 is 0 Å². The van der Waals surface area contributed by atoms with Crippen LogP contribution in [0.1, 0.15) is 11.1 Å². The van der Waals surface area contributed by atoms with Crippen molar-refractivity contribution in [3.63, 3.8) is 0 Å². The molecule has 0 saturated heterocycles. The Morgan fingerprint density at radius 2 is 1.45 bits per heavy atom. The number of carbonyl (C=O) groups excluding carboxylic acids is 1. The third-order valence-electron chi connectivity index (χ3n) is 2.82. The lowest BCUT2D eigenvalue weighted by molar-refractivity contribution is -0.188. The van der Waals surface area contributed by atoms with Crippen LogP contribution in [0.4, 0.5) is 0 Å².